The number of urea groups is 1. The molecular weight excluding hydrogens is 418 g/mol. The molecule has 32 heavy (non-hydrogen) atoms. The summed E-state index contributed by atoms with van der Waals surface area (Å²) >= 11 is 0. The van der Waals surface area contributed by atoms with E-state index in [1.807, 2.05) is 4.90 Å². The molecule has 0 spiro atoms. The number of amides is 2. The molecule has 1 aromatic carbocycles. The van der Waals surface area contributed by atoms with Crippen molar-refractivity contribution in [1.29, 1.82) is 0 Å². The van der Waals surface area contributed by atoms with Crippen molar-refractivity contribution in [2.75, 3.05) is 50.1 Å². The number of esters is 1. The molecule has 0 saturated carbocycles. The van der Waals surface area contributed by atoms with Gasteiger partial charge in [0.25, 0.3) is 5.69 Å². The second kappa shape index (κ2) is 10.4. The molecular formula is C21H25N5O6. The standard InChI is InChI=1S/C21H25N5O6/c1-3-32-20(27)15-5-8-19(22-14-15)24-9-4-10-25(12-11-24)21(28)23-17-13-16(26(29)30)6-7-18(17)31-2/h5-8,13-14H,3-4,9-12H2,1-2H3,(H,23,28). The van der Waals surface area contributed by atoms with E-state index in [9.17, 15) is 19.7 Å². The van der Waals surface area contributed by atoms with Gasteiger partial charge in [-0.15, -0.1) is 0 Å². The molecule has 1 N–H and O–H groups in total. The Hall–Kier alpha value is -3.89. The first kappa shape index (κ1) is 22.8. The van der Waals surface area contributed by atoms with E-state index in [-0.39, 0.29) is 17.4 Å². The minimum Gasteiger partial charge on any atom is -0.495 e. The molecule has 2 amide bonds. The van der Waals surface area contributed by atoms with Crippen LogP contribution in [0, 0.1) is 10.1 Å². The highest BCUT2D eigenvalue weighted by Crippen LogP contribution is 2.29. The molecule has 0 aliphatic carbocycles. The summed E-state index contributed by atoms with van der Waals surface area (Å²) in [6, 6.07) is 7.11. The van der Waals surface area contributed by atoms with Crippen molar-refractivity contribution in [2.24, 2.45) is 0 Å². The van der Waals surface area contributed by atoms with E-state index in [0.717, 1.165) is 0 Å². The van der Waals surface area contributed by atoms with E-state index >= 15 is 0 Å². The maximum absolute atomic E-state index is 12.8. The summed E-state index contributed by atoms with van der Waals surface area (Å²) in [5, 5.41) is 13.8. The highest BCUT2D eigenvalue weighted by Gasteiger charge is 2.22. The Morgan fingerprint density at radius 2 is 2.00 bits per heavy atom. The van der Waals surface area contributed by atoms with Crippen molar-refractivity contribution in [2.45, 2.75) is 13.3 Å². The van der Waals surface area contributed by atoms with Gasteiger partial charge in [0.15, 0.2) is 0 Å². The smallest absolute Gasteiger partial charge is 0.339 e. The third kappa shape index (κ3) is 5.42. The summed E-state index contributed by atoms with van der Waals surface area (Å²) in [4.78, 5) is 43.1. The molecule has 1 aliphatic heterocycles. The number of nitrogens with one attached hydrogen (secondary N) is 1. The second-order valence-corrected chi connectivity index (χ2v) is 7.03. The van der Waals surface area contributed by atoms with Gasteiger partial charge in [-0.05, 0) is 31.5 Å². The van der Waals surface area contributed by atoms with Crippen LogP contribution in [0.4, 0.5) is 22.0 Å². The molecule has 0 atom stereocenters. The normalized spacial score (nSPS) is 13.8. The van der Waals surface area contributed by atoms with E-state index in [1.165, 1.54) is 31.5 Å². The summed E-state index contributed by atoms with van der Waals surface area (Å²) in [6.07, 6.45) is 2.19. The minimum atomic E-state index is -0.529. The molecule has 0 unspecified atom stereocenters. The van der Waals surface area contributed by atoms with E-state index in [4.69, 9.17) is 9.47 Å². The lowest BCUT2D eigenvalue weighted by Crippen LogP contribution is -2.38. The molecule has 2 aromatic rings. The molecule has 1 aromatic heterocycles. The number of non-ortho nitro benzene ring substituents is 1. The zero-order valence-corrected chi connectivity index (χ0v) is 17.9. The van der Waals surface area contributed by atoms with Crippen LogP contribution in [0.2, 0.25) is 0 Å². The largest absolute Gasteiger partial charge is 0.495 e. The fourth-order valence-electron chi connectivity index (χ4n) is 3.36. The molecule has 0 radical (unpaired) electrons. The number of nitrogens with zero attached hydrogens (tertiary/aromatic N) is 4. The number of ether oxygens (including phenoxy) is 2. The first-order chi connectivity index (χ1) is 15.4. The van der Waals surface area contributed by atoms with Crippen molar-refractivity contribution in [3.8, 4) is 5.75 Å². The van der Waals surface area contributed by atoms with Crippen molar-refractivity contribution < 1.29 is 24.0 Å². The van der Waals surface area contributed by atoms with E-state index in [1.54, 1.807) is 24.0 Å². The van der Waals surface area contributed by atoms with Crippen molar-refractivity contribution in [3.05, 3.63) is 52.2 Å². The Labute approximate surface area is 185 Å². The summed E-state index contributed by atoms with van der Waals surface area (Å²) in [7, 11) is 1.43. The molecule has 170 valence electrons. The van der Waals surface area contributed by atoms with E-state index < -0.39 is 10.9 Å². The molecule has 0 bridgehead atoms. The molecule has 2 heterocycles. The average Bonchev–Trinajstić information content (AvgIpc) is 3.05. The first-order valence-electron chi connectivity index (χ1n) is 10.2. The lowest BCUT2D eigenvalue weighted by atomic mass is 10.2. The van der Waals surface area contributed by atoms with Crippen LogP contribution in [0.25, 0.3) is 0 Å². The van der Waals surface area contributed by atoms with Gasteiger partial charge < -0.3 is 24.6 Å². The van der Waals surface area contributed by atoms with Crippen LogP contribution in [-0.2, 0) is 4.74 Å². The van der Waals surface area contributed by atoms with Gasteiger partial charge in [-0.3, -0.25) is 10.1 Å². The van der Waals surface area contributed by atoms with Gasteiger partial charge in [0.05, 0.1) is 29.9 Å². The predicted molar refractivity (Wildman–Crippen MR) is 117 cm³/mol. The highest BCUT2D eigenvalue weighted by atomic mass is 16.6. The fourth-order valence-corrected chi connectivity index (χ4v) is 3.36. The number of rotatable bonds is 6. The van der Waals surface area contributed by atoms with E-state index in [2.05, 4.69) is 10.3 Å². The van der Waals surface area contributed by atoms with Gasteiger partial charge >= 0.3 is 12.0 Å². The monoisotopic (exact) mass is 443 g/mol. The van der Waals surface area contributed by atoms with Gasteiger partial charge in [0.1, 0.15) is 11.6 Å². The summed E-state index contributed by atoms with van der Waals surface area (Å²) < 4.78 is 10.2. The lowest BCUT2D eigenvalue weighted by Gasteiger charge is -2.23. The summed E-state index contributed by atoms with van der Waals surface area (Å²) in [5.41, 5.74) is 0.488. The number of nitro benzene ring substituents is 1. The molecule has 3 rings (SSSR count). The van der Waals surface area contributed by atoms with Gasteiger partial charge in [-0.2, -0.15) is 0 Å². The van der Waals surface area contributed by atoms with Crippen LogP contribution in [-0.4, -0.2) is 66.7 Å². The number of pyridine rings is 1. The molecule has 1 fully saturated rings. The minimum absolute atomic E-state index is 0.138. The third-order valence-corrected chi connectivity index (χ3v) is 5.00. The maximum atomic E-state index is 12.8. The lowest BCUT2D eigenvalue weighted by molar-refractivity contribution is -0.384. The number of hydrogen-bond donors (Lipinski definition) is 1. The van der Waals surface area contributed by atoms with Gasteiger partial charge in [-0.25, -0.2) is 14.6 Å². The van der Waals surface area contributed by atoms with Crippen molar-refractivity contribution in [3.63, 3.8) is 0 Å². The number of carbonyl (C=O) groups excluding carboxylic acids is 2. The topological polar surface area (TPSA) is 127 Å². The molecule has 1 saturated heterocycles. The van der Waals surface area contributed by atoms with Gasteiger partial charge in [0.2, 0.25) is 0 Å². The number of methoxy groups -OCH3 is 1. The summed E-state index contributed by atoms with van der Waals surface area (Å²) in [5.74, 6) is 0.633. The van der Waals surface area contributed by atoms with Crippen LogP contribution in [0.3, 0.4) is 0 Å². The Morgan fingerprint density at radius 1 is 1.19 bits per heavy atom. The third-order valence-electron chi connectivity index (χ3n) is 5.00. The summed E-state index contributed by atoms with van der Waals surface area (Å²) in [6.45, 7) is 4.23. The number of carbonyl (C=O) groups is 2. The number of hydrogen-bond acceptors (Lipinski definition) is 8. The zero-order valence-electron chi connectivity index (χ0n) is 17.9. The maximum Gasteiger partial charge on any atom is 0.339 e. The first-order valence-corrected chi connectivity index (χ1v) is 10.2. The fraction of sp³-hybridized carbons (Fsp3) is 0.381. The predicted octanol–water partition coefficient (Wildman–Crippen LogP) is 2.92. The van der Waals surface area contributed by atoms with Gasteiger partial charge in [-0.1, -0.05) is 0 Å². The van der Waals surface area contributed by atoms with Crippen molar-refractivity contribution in [1.82, 2.24) is 9.88 Å². The number of benzene rings is 1. The van der Waals surface area contributed by atoms with Crippen LogP contribution in [0.1, 0.15) is 23.7 Å². The average molecular weight is 443 g/mol. The Morgan fingerprint density at radius 3 is 2.66 bits per heavy atom. The quantitative estimate of drug-likeness (QED) is 0.410. The SMILES string of the molecule is CCOC(=O)c1ccc(N2CCCN(C(=O)Nc3cc([N+](=O)[O-])ccc3OC)CC2)nc1. The Bertz CT molecular complexity index is 981. The molecule has 1 aliphatic rings. The van der Waals surface area contributed by atoms with Crippen molar-refractivity contribution >= 4 is 29.2 Å². The number of aromatic nitrogens is 1. The van der Waals surface area contributed by atoms with Crippen LogP contribution in [0.15, 0.2) is 36.5 Å². The number of anilines is 2. The van der Waals surface area contributed by atoms with E-state index in [0.29, 0.717) is 56.3 Å². The Balaban J connectivity index is 1.64. The zero-order chi connectivity index (χ0) is 23.1. The molecule has 11 nitrogen and oxygen atoms in total. The van der Waals surface area contributed by atoms with Crippen LogP contribution >= 0.6 is 0 Å². The number of nitro groups is 1. The van der Waals surface area contributed by atoms with Crippen LogP contribution < -0.4 is 15.0 Å². The van der Waals surface area contributed by atoms with Crippen LogP contribution in [0.5, 0.6) is 5.75 Å². The molecule has 11 heteroatoms. The Kier molecular flexibility index (Phi) is 7.42. The second-order valence-electron chi connectivity index (χ2n) is 7.03. The highest BCUT2D eigenvalue weighted by molar-refractivity contribution is 5.91. The van der Waals surface area contributed by atoms with Gasteiger partial charge in [0, 0.05) is 44.5 Å².